The first-order chi connectivity index (χ1) is 6.21. The number of nitrogens with one attached hydrogen (secondary N) is 1. The van der Waals surface area contributed by atoms with Gasteiger partial charge in [-0.05, 0) is 6.08 Å². The number of halogens is 2. The van der Waals surface area contributed by atoms with E-state index in [1.807, 2.05) is 24.3 Å². The Kier molecular flexibility index (Phi) is 2.65. The van der Waals surface area contributed by atoms with Crippen LogP contribution in [0.3, 0.4) is 0 Å². The molecule has 2 rings (SSSR count). The quantitative estimate of drug-likeness (QED) is 0.567. The number of hydrogen-bond donors (Lipinski definition) is 1. The molecule has 1 fully saturated rings. The molecular formula is C9H11Cl2NO. The number of rotatable bonds is 2. The van der Waals surface area contributed by atoms with E-state index in [-0.39, 0.29) is 11.6 Å². The van der Waals surface area contributed by atoms with E-state index in [0.29, 0.717) is 0 Å². The van der Waals surface area contributed by atoms with Crippen molar-refractivity contribution in [2.75, 3.05) is 6.61 Å². The zero-order chi connectivity index (χ0) is 9.31. The third-order valence-corrected chi connectivity index (χ3v) is 3.28. The third kappa shape index (κ3) is 1.91. The monoisotopic (exact) mass is 219 g/mol. The average Bonchev–Trinajstić information content (AvgIpc) is 2.04. The van der Waals surface area contributed by atoms with Gasteiger partial charge in [-0.15, -0.1) is 11.6 Å². The molecule has 72 valence electrons. The van der Waals surface area contributed by atoms with Crippen LogP contribution >= 0.6 is 23.2 Å². The smallest absolute Gasteiger partial charge is 0.134 e. The number of allylic oxidation sites excluding steroid dienone is 2. The highest BCUT2D eigenvalue weighted by atomic mass is 35.5. The van der Waals surface area contributed by atoms with Crippen molar-refractivity contribution in [3.05, 3.63) is 24.3 Å². The van der Waals surface area contributed by atoms with Gasteiger partial charge in [0.1, 0.15) is 11.2 Å². The van der Waals surface area contributed by atoms with Gasteiger partial charge >= 0.3 is 0 Å². The molecule has 1 saturated heterocycles. The highest BCUT2D eigenvalue weighted by Gasteiger charge is 2.36. The number of ether oxygens (including phenoxy) is 1. The Bertz CT molecular complexity index is 250. The van der Waals surface area contributed by atoms with Crippen LogP contribution in [0.25, 0.3) is 0 Å². The molecule has 1 aliphatic heterocycles. The van der Waals surface area contributed by atoms with Gasteiger partial charge in [0.2, 0.25) is 0 Å². The first-order valence-electron chi connectivity index (χ1n) is 4.29. The Hall–Kier alpha value is -0.0200. The van der Waals surface area contributed by atoms with Crippen molar-refractivity contribution in [1.82, 2.24) is 5.32 Å². The summed E-state index contributed by atoms with van der Waals surface area (Å²) in [5.41, 5.74) is 0. The predicted octanol–water partition coefficient (Wildman–Crippen LogP) is 1.99. The predicted molar refractivity (Wildman–Crippen MR) is 54.0 cm³/mol. The van der Waals surface area contributed by atoms with Crippen LogP contribution in [0.4, 0.5) is 0 Å². The molecule has 1 aliphatic carbocycles. The van der Waals surface area contributed by atoms with Crippen molar-refractivity contribution < 1.29 is 4.74 Å². The van der Waals surface area contributed by atoms with Crippen LogP contribution < -0.4 is 5.32 Å². The normalized spacial score (nSPS) is 43.2. The Balaban J connectivity index is 2.01. The van der Waals surface area contributed by atoms with Crippen molar-refractivity contribution in [3.8, 4) is 0 Å². The molecule has 13 heavy (non-hydrogen) atoms. The van der Waals surface area contributed by atoms with Gasteiger partial charge < -0.3 is 4.74 Å². The first kappa shape index (κ1) is 9.53. The van der Waals surface area contributed by atoms with E-state index in [1.165, 1.54) is 0 Å². The Labute approximate surface area is 87.5 Å². The number of hydrogen-bond acceptors (Lipinski definition) is 2. The van der Waals surface area contributed by atoms with Gasteiger partial charge in [0.05, 0.1) is 12.0 Å². The van der Waals surface area contributed by atoms with E-state index in [2.05, 4.69) is 5.32 Å². The van der Waals surface area contributed by atoms with Crippen LogP contribution in [-0.4, -0.2) is 23.2 Å². The largest absolute Gasteiger partial charge is 0.363 e. The molecule has 4 heteroatoms. The summed E-state index contributed by atoms with van der Waals surface area (Å²) >= 11 is 12.3. The van der Waals surface area contributed by atoms with Gasteiger partial charge in [-0.1, -0.05) is 29.8 Å². The molecule has 0 bridgehead atoms. The van der Waals surface area contributed by atoms with Crippen molar-refractivity contribution in [3.63, 3.8) is 0 Å². The maximum Gasteiger partial charge on any atom is 0.134 e. The van der Waals surface area contributed by atoms with Gasteiger partial charge in [0.15, 0.2) is 0 Å². The van der Waals surface area contributed by atoms with E-state index < -0.39 is 5.00 Å². The topological polar surface area (TPSA) is 21.3 Å². The molecule has 3 atom stereocenters. The summed E-state index contributed by atoms with van der Waals surface area (Å²) in [5.74, 6) is 0. The molecule has 0 amide bonds. The Morgan fingerprint density at radius 2 is 2.23 bits per heavy atom. The van der Waals surface area contributed by atoms with Crippen molar-refractivity contribution in [2.45, 2.75) is 23.0 Å². The lowest BCUT2D eigenvalue weighted by atomic mass is 10.1. The standard InChI is InChI=1S/C9H11Cl2NO/c10-7-3-1-2-5-9(7,11)12-8-4-6-13-8/h1-3,5,7-8,12H,4,6H2. The fourth-order valence-electron chi connectivity index (χ4n) is 1.31. The van der Waals surface area contributed by atoms with Gasteiger partial charge in [-0.3, -0.25) is 5.32 Å². The molecule has 0 spiro atoms. The minimum Gasteiger partial charge on any atom is -0.363 e. The van der Waals surface area contributed by atoms with Crippen LogP contribution in [0.1, 0.15) is 6.42 Å². The second-order valence-corrected chi connectivity index (χ2v) is 4.30. The summed E-state index contributed by atoms with van der Waals surface area (Å²) in [6.45, 7) is 0.803. The zero-order valence-corrected chi connectivity index (χ0v) is 8.55. The second kappa shape index (κ2) is 3.62. The van der Waals surface area contributed by atoms with Crippen LogP contribution in [-0.2, 0) is 4.74 Å². The molecular weight excluding hydrogens is 209 g/mol. The highest BCUT2D eigenvalue weighted by Crippen LogP contribution is 2.29. The highest BCUT2D eigenvalue weighted by molar-refractivity contribution is 6.34. The van der Waals surface area contributed by atoms with E-state index in [1.54, 1.807) is 0 Å². The lowest BCUT2D eigenvalue weighted by Crippen LogP contribution is -2.55. The summed E-state index contributed by atoms with van der Waals surface area (Å²) in [4.78, 5) is -0.693. The third-order valence-electron chi connectivity index (χ3n) is 2.21. The lowest BCUT2D eigenvalue weighted by molar-refractivity contribution is -0.0766. The number of alkyl halides is 2. The zero-order valence-electron chi connectivity index (χ0n) is 7.04. The summed E-state index contributed by atoms with van der Waals surface area (Å²) in [7, 11) is 0. The fourth-order valence-corrected chi connectivity index (χ4v) is 1.80. The molecule has 0 saturated carbocycles. The summed E-state index contributed by atoms with van der Waals surface area (Å²) in [6.07, 6.45) is 8.54. The van der Waals surface area contributed by atoms with Gasteiger partial charge in [0.25, 0.3) is 0 Å². The minimum atomic E-state index is -0.693. The van der Waals surface area contributed by atoms with E-state index in [4.69, 9.17) is 27.9 Å². The molecule has 0 aromatic rings. The molecule has 1 heterocycles. The molecule has 0 radical (unpaired) electrons. The fraction of sp³-hybridized carbons (Fsp3) is 0.556. The maximum atomic E-state index is 6.27. The molecule has 3 unspecified atom stereocenters. The van der Waals surface area contributed by atoms with Gasteiger partial charge in [0, 0.05) is 6.42 Å². The molecule has 0 aromatic heterocycles. The van der Waals surface area contributed by atoms with Crippen LogP contribution in [0.5, 0.6) is 0 Å². The van der Waals surface area contributed by atoms with Crippen LogP contribution in [0.15, 0.2) is 24.3 Å². The van der Waals surface area contributed by atoms with Crippen LogP contribution in [0, 0.1) is 0 Å². The average molecular weight is 220 g/mol. The van der Waals surface area contributed by atoms with E-state index in [0.717, 1.165) is 13.0 Å². The van der Waals surface area contributed by atoms with Gasteiger partial charge in [-0.2, -0.15) is 0 Å². The second-order valence-electron chi connectivity index (χ2n) is 3.21. The summed E-state index contributed by atoms with van der Waals surface area (Å²) in [6, 6.07) is 0. The van der Waals surface area contributed by atoms with Crippen molar-refractivity contribution >= 4 is 23.2 Å². The summed E-state index contributed by atoms with van der Waals surface area (Å²) in [5, 5.41) is 2.92. The molecule has 0 aromatic carbocycles. The minimum absolute atomic E-state index is 0.0508. The van der Waals surface area contributed by atoms with Crippen LogP contribution in [0.2, 0.25) is 0 Å². The summed E-state index contributed by atoms with van der Waals surface area (Å²) < 4.78 is 5.23. The Morgan fingerprint density at radius 1 is 1.46 bits per heavy atom. The van der Waals surface area contributed by atoms with E-state index >= 15 is 0 Å². The SMILES string of the molecule is ClC1C=CC=CC1(Cl)NC1CCO1. The van der Waals surface area contributed by atoms with E-state index in [9.17, 15) is 0 Å². The van der Waals surface area contributed by atoms with Crippen molar-refractivity contribution in [2.24, 2.45) is 0 Å². The maximum absolute atomic E-state index is 6.27. The van der Waals surface area contributed by atoms with Crippen molar-refractivity contribution in [1.29, 1.82) is 0 Å². The molecule has 2 nitrogen and oxygen atoms in total. The Morgan fingerprint density at radius 3 is 2.77 bits per heavy atom. The molecule has 2 aliphatic rings. The lowest BCUT2D eigenvalue weighted by Gasteiger charge is -2.37. The van der Waals surface area contributed by atoms with Gasteiger partial charge in [-0.25, -0.2) is 0 Å². The molecule has 1 N–H and O–H groups in total. The first-order valence-corrected chi connectivity index (χ1v) is 5.10.